The molecule has 0 aromatic heterocycles. The van der Waals surface area contributed by atoms with Crippen LogP contribution in [-0.2, 0) is 0 Å². The van der Waals surface area contributed by atoms with E-state index in [1.54, 1.807) is 0 Å². The molecule has 1 radical (unpaired) electrons. The molecule has 2 N–H and O–H groups in total. The van der Waals surface area contributed by atoms with E-state index in [1.165, 1.54) is 25.7 Å². The Labute approximate surface area is 99.8 Å². The topological polar surface area (TPSA) is 26.0 Å². The summed E-state index contributed by atoms with van der Waals surface area (Å²) in [6.45, 7) is 4.63. The van der Waals surface area contributed by atoms with Gasteiger partial charge in [-0.1, -0.05) is 44.9 Å². The first kappa shape index (κ1) is 11.9. The van der Waals surface area contributed by atoms with Crippen LogP contribution >= 0.6 is 0 Å². The van der Waals surface area contributed by atoms with Crippen LogP contribution in [0.1, 0.15) is 46.0 Å². The second-order valence-electron chi connectivity index (χ2n) is 5.57. The SMILES string of the molecule is CCCC(C)C1(C(N)C2CC2)C=CC=[C]C1. The van der Waals surface area contributed by atoms with Crippen molar-refractivity contribution in [2.75, 3.05) is 0 Å². The average molecular weight is 218 g/mol. The second kappa shape index (κ2) is 4.75. The highest BCUT2D eigenvalue weighted by atomic mass is 14.7. The number of allylic oxidation sites excluding steroid dienone is 3. The summed E-state index contributed by atoms with van der Waals surface area (Å²) in [7, 11) is 0. The molecular formula is C15H24N. The van der Waals surface area contributed by atoms with E-state index in [1.807, 2.05) is 6.08 Å². The molecule has 0 aromatic carbocycles. The van der Waals surface area contributed by atoms with Gasteiger partial charge in [-0.2, -0.15) is 0 Å². The van der Waals surface area contributed by atoms with Crippen LogP contribution in [0.4, 0.5) is 0 Å². The maximum atomic E-state index is 6.51. The van der Waals surface area contributed by atoms with E-state index < -0.39 is 0 Å². The van der Waals surface area contributed by atoms with Crippen molar-refractivity contribution in [3.63, 3.8) is 0 Å². The standard InChI is InChI=1S/C15H24N/c1-3-7-12(2)15(10-5-4-6-11-15)14(16)13-8-9-13/h4-5,10,12-14H,3,7-9,11,16H2,1-2H3. The smallest absolute Gasteiger partial charge is 0.0165 e. The van der Waals surface area contributed by atoms with Gasteiger partial charge in [0.25, 0.3) is 0 Å². The lowest BCUT2D eigenvalue weighted by atomic mass is 9.64. The molecule has 2 rings (SSSR count). The lowest BCUT2D eigenvalue weighted by Crippen LogP contribution is -2.46. The fourth-order valence-corrected chi connectivity index (χ4v) is 3.08. The summed E-state index contributed by atoms with van der Waals surface area (Å²) in [5.41, 5.74) is 6.70. The van der Waals surface area contributed by atoms with Gasteiger partial charge in [-0.15, -0.1) is 0 Å². The third kappa shape index (κ3) is 2.10. The van der Waals surface area contributed by atoms with Gasteiger partial charge in [0.2, 0.25) is 0 Å². The fourth-order valence-electron chi connectivity index (χ4n) is 3.08. The Morgan fingerprint density at radius 3 is 2.75 bits per heavy atom. The first-order valence-electron chi connectivity index (χ1n) is 6.70. The number of hydrogen-bond acceptors (Lipinski definition) is 1. The monoisotopic (exact) mass is 218 g/mol. The predicted molar refractivity (Wildman–Crippen MR) is 68.8 cm³/mol. The maximum Gasteiger partial charge on any atom is 0.0165 e. The first-order valence-corrected chi connectivity index (χ1v) is 6.70. The van der Waals surface area contributed by atoms with Gasteiger partial charge in [0, 0.05) is 11.5 Å². The van der Waals surface area contributed by atoms with Crippen LogP contribution in [-0.4, -0.2) is 6.04 Å². The molecule has 1 heteroatoms. The summed E-state index contributed by atoms with van der Waals surface area (Å²) in [6.07, 6.45) is 16.1. The molecule has 1 saturated carbocycles. The van der Waals surface area contributed by atoms with Crippen LogP contribution in [0.5, 0.6) is 0 Å². The maximum absolute atomic E-state index is 6.51. The largest absolute Gasteiger partial charge is 0.327 e. The zero-order valence-electron chi connectivity index (χ0n) is 10.6. The normalized spacial score (nSPS) is 32.7. The van der Waals surface area contributed by atoms with Crippen molar-refractivity contribution in [2.24, 2.45) is 23.0 Å². The minimum atomic E-state index is 0.186. The predicted octanol–water partition coefficient (Wildman–Crippen LogP) is 3.47. The summed E-state index contributed by atoms with van der Waals surface area (Å²) >= 11 is 0. The summed E-state index contributed by atoms with van der Waals surface area (Å²) in [4.78, 5) is 0. The van der Waals surface area contributed by atoms with E-state index in [-0.39, 0.29) is 5.41 Å². The Bertz CT molecular complexity index is 288. The van der Waals surface area contributed by atoms with E-state index in [9.17, 15) is 0 Å². The molecule has 1 fully saturated rings. The molecule has 16 heavy (non-hydrogen) atoms. The Hall–Kier alpha value is -0.560. The highest BCUT2D eigenvalue weighted by Crippen LogP contribution is 2.48. The van der Waals surface area contributed by atoms with Crippen LogP contribution in [0.2, 0.25) is 0 Å². The first-order chi connectivity index (χ1) is 7.70. The third-order valence-corrected chi connectivity index (χ3v) is 4.42. The Morgan fingerprint density at radius 1 is 1.50 bits per heavy atom. The highest BCUT2D eigenvalue weighted by molar-refractivity contribution is 5.19. The number of rotatable bonds is 5. The van der Waals surface area contributed by atoms with Crippen molar-refractivity contribution in [3.8, 4) is 0 Å². The molecule has 0 saturated heterocycles. The Balaban J connectivity index is 2.17. The molecule has 0 aromatic rings. The van der Waals surface area contributed by atoms with Crippen molar-refractivity contribution in [1.82, 2.24) is 0 Å². The van der Waals surface area contributed by atoms with Gasteiger partial charge in [0.15, 0.2) is 0 Å². The van der Waals surface area contributed by atoms with Crippen molar-refractivity contribution < 1.29 is 0 Å². The van der Waals surface area contributed by atoms with Gasteiger partial charge >= 0.3 is 0 Å². The molecule has 3 atom stereocenters. The van der Waals surface area contributed by atoms with Gasteiger partial charge < -0.3 is 5.73 Å². The van der Waals surface area contributed by atoms with E-state index in [0.717, 1.165) is 12.3 Å². The van der Waals surface area contributed by atoms with Gasteiger partial charge in [0.05, 0.1) is 0 Å². The van der Waals surface area contributed by atoms with Gasteiger partial charge in [0.1, 0.15) is 0 Å². The molecule has 0 amide bonds. The highest BCUT2D eigenvalue weighted by Gasteiger charge is 2.45. The molecule has 2 aliphatic carbocycles. The van der Waals surface area contributed by atoms with E-state index in [4.69, 9.17) is 5.73 Å². The molecule has 0 bridgehead atoms. The Morgan fingerprint density at radius 2 is 2.25 bits per heavy atom. The molecule has 0 heterocycles. The van der Waals surface area contributed by atoms with E-state index in [2.05, 4.69) is 32.1 Å². The minimum absolute atomic E-state index is 0.186. The molecule has 1 nitrogen and oxygen atoms in total. The molecule has 0 spiro atoms. The molecule has 3 unspecified atom stereocenters. The summed E-state index contributed by atoms with van der Waals surface area (Å²) < 4.78 is 0. The summed E-state index contributed by atoms with van der Waals surface area (Å²) in [6, 6.07) is 0.339. The van der Waals surface area contributed by atoms with Gasteiger partial charge in [-0.3, -0.25) is 0 Å². The number of hydrogen-bond donors (Lipinski definition) is 1. The van der Waals surface area contributed by atoms with Crippen LogP contribution in [0, 0.1) is 23.3 Å². The average Bonchev–Trinajstić information content (AvgIpc) is 3.13. The lowest BCUT2D eigenvalue weighted by Gasteiger charge is -2.42. The van der Waals surface area contributed by atoms with Gasteiger partial charge in [-0.05, 0) is 37.2 Å². The van der Waals surface area contributed by atoms with Crippen LogP contribution in [0.3, 0.4) is 0 Å². The Kier molecular flexibility index (Phi) is 3.53. The third-order valence-electron chi connectivity index (χ3n) is 4.42. The van der Waals surface area contributed by atoms with Crippen LogP contribution in [0.25, 0.3) is 0 Å². The molecular weight excluding hydrogens is 194 g/mol. The zero-order valence-corrected chi connectivity index (χ0v) is 10.6. The minimum Gasteiger partial charge on any atom is -0.327 e. The van der Waals surface area contributed by atoms with Crippen molar-refractivity contribution >= 4 is 0 Å². The second-order valence-corrected chi connectivity index (χ2v) is 5.57. The van der Waals surface area contributed by atoms with Crippen LogP contribution < -0.4 is 5.73 Å². The molecule has 89 valence electrons. The summed E-state index contributed by atoms with van der Waals surface area (Å²) in [5.74, 6) is 1.44. The molecule has 2 aliphatic rings. The van der Waals surface area contributed by atoms with Crippen LogP contribution in [0.15, 0.2) is 18.2 Å². The van der Waals surface area contributed by atoms with Gasteiger partial charge in [-0.25, -0.2) is 0 Å². The van der Waals surface area contributed by atoms with Crippen molar-refractivity contribution in [2.45, 2.75) is 52.0 Å². The van der Waals surface area contributed by atoms with E-state index in [0.29, 0.717) is 12.0 Å². The van der Waals surface area contributed by atoms with E-state index >= 15 is 0 Å². The fraction of sp³-hybridized carbons (Fsp3) is 0.733. The van der Waals surface area contributed by atoms with Crippen molar-refractivity contribution in [3.05, 3.63) is 24.3 Å². The summed E-state index contributed by atoms with van der Waals surface area (Å²) in [5, 5.41) is 0. The van der Waals surface area contributed by atoms with Crippen molar-refractivity contribution in [1.29, 1.82) is 0 Å². The molecule has 0 aliphatic heterocycles. The lowest BCUT2D eigenvalue weighted by molar-refractivity contribution is 0.166. The quantitative estimate of drug-likeness (QED) is 0.751. The zero-order chi connectivity index (χ0) is 11.6. The number of nitrogens with two attached hydrogens (primary N) is 1.